The zero-order chi connectivity index (χ0) is 22.0. The smallest absolute Gasteiger partial charge is 0.262 e. The highest BCUT2D eigenvalue weighted by molar-refractivity contribution is 6.10. The molecule has 0 unspecified atom stereocenters. The molecule has 0 spiro atoms. The van der Waals surface area contributed by atoms with Crippen LogP contribution in [0.3, 0.4) is 0 Å². The van der Waals surface area contributed by atoms with E-state index in [1.807, 2.05) is 61.5 Å². The quantitative estimate of drug-likeness (QED) is 0.596. The van der Waals surface area contributed by atoms with E-state index in [0.717, 1.165) is 33.7 Å². The number of hydrogen-bond donors (Lipinski definition) is 1. The van der Waals surface area contributed by atoms with Crippen LogP contribution in [0.4, 0.5) is 11.4 Å². The summed E-state index contributed by atoms with van der Waals surface area (Å²) in [7, 11) is 0. The molecule has 1 N–H and O–H groups in total. The van der Waals surface area contributed by atoms with Crippen LogP contribution in [0, 0.1) is 6.92 Å². The number of rotatable bonds is 6. The van der Waals surface area contributed by atoms with Gasteiger partial charge in [-0.3, -0.25) is 9.59 Å². The minimum absolute atomic E-state index is 0.0000955. The molecule has 158 valence electrons. The van der Waals surface area contributed by atoms with E-state index in [2.05, 4.69) is 19.2 Å². The van der Waals surface area contributed by atoms with Crippen molar-refractivity contribution in [1.82, 2.24) is 0 Å². The summed E-state index contributed by atoms with van der Waals surface area (Å²) in [5.74, 6) is 0.826. The van der Waals surface area contributed by atoms with Crippen molar-refractivity contribution in [3.05, 3.63) is 89.0 Å². The van der Waals surface area contributed by atoms with Crippen molar-refractivity contribution in [2.75, 3.05) is 16.8 Å². The van der Waals surface area contributed by atoms with Gasteiger partial charge in [0.15, 0.2) is 6.61 Å². The Hall–Kier alpha value is -3.60. The minimum Gasteiger partial charge on any atom is -0.483 e. The van der Waals surface area contributed by atoms with Crippen LogP contribution in [0.5, 0.6) is 5.75 Å². The van der Waals surface area contributed by atoms with Crippen molar-refractivity contribution >= 4 is 23.2 Å². The first kappa shape index (κ1) is 20.7. The Kier molecular flexibility index (Phi) is 5.76. The topological polar surface area (TPSA) is 58.6 Å². The lowest BCUT2D eigenvalue weighted by molar-refractivity contribution is -0.118. The highest BCUT2D eigenvalue weighted by atomic mass is 16.5. The van der Waals surface area contributed by atoms with Crippen LogP contribution in [0.25, 0.3) is 0 Å². The molecule has 0 aliphatic carbocycles. The van der Waals surface area contributed by atoms with Gasteiger partial charge in [0.1, 0.15) is 5.75 Å². The molecule has 1 aliphatic heterocycles. The summed E-state index contributed by atoms with van der Waals surface area (Å²) in [6.07, 6.45) is 0. The van der Waals surface area contributed by atoms with Gasteiger partial charge in [-0.1, -0.05) is 44.2 Å². The van der Waals surface area contributed by atoms with Crippen LogP contribution in [-0.4, -0.2) is 18.4 Å². The monoisotopic (exact) mass is 414 g/mol. The molecule has 2 amide bonds. The number of nitrogens with zero attached hydrogens (tertiary/aromatic N) is 1. The molecular weight excluding hydrogens is 388 g/mol. The van der Waals surface area contributed by atoms with Crippen LogP contribution in [0.2, 0.25) is 0 Å². The normalized spacial score (nSPS) is 12.8. The fourth-order valence-electron chi connectivity index (χ4n) is 3.77. The van der Waals surface area contributed by atoms with E-state index in [9.17, 15) is 9.59 Å². The third-order valence-corrected chi connectivity index (χ3v) is 5.43. The fraction of sp³-hybridized carbons (Fsp3) is 0.231. The van der Waals surface area contributed by atoms with Gasteiger partial charge < -0.3 is 15.0 Å². The number of nitrogens with one attached hydrogen (secondary N) is 1. The molecule has 1 aliphatic rings. The second-order valence-electron chi connectivity index (χ2n) is 8.13. The molecule has 0 aromatic heterocycles. The van der Waals surface area contributed by atoms with E-state index in [1.54, 1.807) is 17.0 Å². The van der Waals surface area contributed by atoms with Gasteiger partial charge in [0.2, 0.25) is 0 Å². The molecule has 0 atom stereocenters. The Morgan fingerprint density at radius 3 is 2.52 bits per heavy atom. The van der Waals surface area contributed by atoms with Crippen LogP contribution in [0.15, 0.2) is 66.7 Å². The van der Waals surface area contributed by atoms with Gasteiger partial charge in [-0.2, -0.15) is 0 Å². The molecule has 3 aromatic rings. The molecule has 0 fully saturated rings. The van der Waals surface area contributed by atoms with Crippen LogP contribution in [0.1, 0.15) is 46.8 Å². The second kappa shape index (κ2) is 8.64. The maximum Gasteiger partial charge on any atom is 0.262 e. The SMILES string of the molecule is Cc1ccc(C(C)C)c(OCC(=O)Nc2ccc(N3Cc4ccccc4C3=O)cc2)c1. The van der Waals surface area contributed by atoms with Gasteiger partial charge >= 0.3 is 0 Å². The number of aryl methyl sites for hydroxylation is 1. The predicted octanol–water partition coefficient (Wildman–Crippen LogP) is 5.30. The zero-order valence-electron chi connectivity index (χ0n) is 18.0. The summed E-state index contributed by atoms with van der Waals surface area (Å²) < 4.78 is 5.80. The van der Waals surface area contributed by atoms with Crippen LogP contribution < -0.4 is 15.0 Å². The van der Waals surface area contributed by atoms with Crippen molar-refractivity contribution in [3.8, 4) is 5.75 Å². The first-order chi connectivity index (χ1) is 14.9. The highest BCUT2D eigenvalue weighted by Gasteiger charge is 2.27. The summed E-state index contributed by atoms with van der Waals surface area (Å²) in [5.41, 5.74) is 5.41. The standard InChI is InChI=1S/C26H26N2O3/c1-17(2)22-13-8-18(3)14-24(22)31-16-25(29)27-20-9-11-21(12-10-20)28-15-19-6-4-5-7-23(19)26(28)30/h4-14,17H,15-16H2,1-3H3,(H,27,29). The number of carbonyl (C=O) groups excluding carboxylic acids is 2. The predicted molar refractivity (Wildman–Crippen MR) is 123 cm³/mol. The van der Waals surface area contributed by atoms with Crippen LogP contribution >= 0.6 is 0 Å². The molecule has 1 heterocycles. The summed E-state index contributed by atoms with van der Waals surface area (Å²) in [5, 5.41) is 2.85. The molecule has 0 bridgehead atoms. The number of hydrogen-bond acceptors (Lipinski definition) is 3. The highest BCUT2D eigenvalue weighted by Crippen LogP contribution is 2.29. The van der Waals surface area contributed by atoms with Crippen molar-refractivity contribution in [2.24, 2.45) is 0 Å². The maximum atomic E-state index is 12.6. The number of benzene rings is 3. The van der Waals surface area contributed by atoms with Gasteiger partial charge in [-0.15, -0.1) is 0 Å². The van der Waals surface area contributed by atoms with E-state index in [1.165, 1.54) is 0 Å². The third-order valence-electron chi connectivity index (χ3n) is 5.43. The van der Waals surface area contributed by atoms with Gasteiger partial charge in [-0.05, 0) is 65.9 Å². The van der Waals surface area contributed by atoms with Crippen molar-refractivity contribution < 1.29 is 14.3 Å². The Labute approximate surface area is 182 Å². The van der Waals surface area contributed by atoms with Gasteiger partial charge in [0, 0.05) is 16.9 Å². The summed E-state index contributed by atoms with van der Waals surface area (Å²) in [4.78, 5) is 26.8. The van der Waals surface area contributed by atoms with Gasteiger partial charge in [0.05, 0.1) is 6.54 Å². The van der Waals surface area contributed by atoms with E-state index < -0.39 is 0 Å². The molecule has 0 saturated carbocycles. The summed E-state index contributed by atoms with van der Waals surface area (Å²) in [6, 6.07) is 21.0. The van der Waals surface area contributed by atoms with Crippen molar-refractivity contribution in [1.29, 1.82) is 0 Å². The average Bonchev–Trinajstić information content (AvgIpc) is 3.09. The van der Waals surface area contributed by atoms with Gasteiger partial charge in [-0.25, -0.2) is 0 Å². The molecule has 4 rings (SSSR count). The maximum absolute atomic E-state index is 12.6. The Morgan fingerprint density at radius 2 is 1.81 bits per heavy atom. The van der Waals surface area contributed by atoms with Crippen molar-refractivity contribution in [2.45, 2.75) is 33.2 Å². The lowest BCUT2D eigenvalue weighted by Crippen LogP contribution is -2.23. The first-order valence-corrected chi connectivity index (χ1v) is 10.5. The van der Waals surface area contributed by atoms with E-state index in [4.69, 9.17) is 4.74 Å². The molecule has 0 saturated heterocycles. The largest absolute Gasteiger partial charge is 0.483 e. The molecule has 0 radical (unpaired) electrons. The summed E-state index contributed by atoms with van der Waals surface area (Å²) in [6.45, 7) is 6.70. The van der Waals surface area contributed by atoms with E-state index in [0.29, 0.717) is 18.2 Å². The Bertz CT molecular complexity index is 1120. The molecule has 5 nitrogen and oxygen atoms in total. The second-order valence-corrected chi connectivity index (χ2v) is 8.13. The Balaban J connectivity index is 1.37. The lowest BCUT2D eigenvalue weighted by Gasteiger charge is -2.17. The first-order valence-electron chi connectivity index (χ1n) is 10.5. The van der Waals surface area contributed by atoms with E-state index >= 15 is 0 Å². The molecule has 31 heavy (non-hydrogen) atoms. The number of carbonyl (C=O) groups is 2. The zero-order valence-corrected chi connectivity index (χ0v) is 18.0. The Morgan fingerprint density at radius 1 is 1.06 bits per heavy atom. The molecule has 3 aromatic carbocycles. The van der Waals surface area contributed by atoms with Crippen molar-refractivity contribution in [3.63, 3.8) is 0 Å². The third kappa shape index (κ3) is 4.45. The number of anilines is 2. The lowest BCUT2D eigenvalue weighted by atomic mass is 10.0. The summed E-state index contributed by atoms with van der Waals surface area (Å²) >= 11 is 0. The number of amides is 2. The number of fused-ring (bicyclic) bond motifs is 1. The van der Waals surface area contributed by atoms with Gasteiger partial charge in [0.25, 0.3) is 11.8 Å². The van der Waals surface area contributed by atoms with Crippen LogP contribution in [-0.2, 0) is 11.3 Å². The average molecular weight is 415 g/mol. The number of ether oxygens (including phenoxy) is 1. The molecule has 5 heteroatoms. The minimum atomic E-state index is -0.228. The fourth-order valence-corrected chi connectivity index (χ4v) is 3.77. The van der Waals surface area contributed by atoms with E-state index in [-0.39, 0.29) is 18.4 Å². The molecular formula is C26H26N2O3.